The van der Waals surface area contributed by atoms with Crippen LogP contribution in [0.4, 0.5) is 5.82 Å². The molecule has 4 nitrogen and oxygen atoms in total. The molecule has 0 radical (unpaired) electrons. The van der Waals surface area contributed by atoms with E-state index in [1.54, 1.807) is 6.20 Å². The van der Waals surface area contributed by atoms with Gasteiger partial charge in [-0.15, -0.1) is 0 Å². The zero-order valence-electron chi connectivity index (χ0n) is 11.2. The van der Waals surface area contributed by atoms with E-state index in [1.807, 2.05) is 25.0 Å². The van der Waals surface area contributed by atoms with E-state index in [4.69, 9.17) is 0 Å². The van der Waals surface area contributed by atoms with Crippen molar-refractivity contribution in [2.75, 3.05) is 31.7 Å². The van der Waals surface area contributed by atoms with Gasteiger partial charge in [-0.25, -0.2) is 4.98 Å². The number of nitrogens with zero attached hydrogens (tertiary/aromatic N) is 3. The summed E-state index contributed by atoms with van der Waals surface area (Å²) in [5.41, 5.74) is 1.07. The van der Waals surface area contributed by atoms with Crippen LogP contribution in [-0.4, -0.2) is 46.5 Å². The lowest BCUT2D eigenvalue weighted by molar-refractivity contribution is 0.273. The van der Waals surface area contributed by atoms with Crippen molar-refractivity contribution in [1.29, 1.82) is 0 Å². The first kappa shape index (κ1) is 13.6. The van der Waals surface area contributed by atoms with Crippen LogP contribution in [0.5, 0.6) is 0 Å². The Kier molecular flexibility index (Phi) is 5.26. The predicted molar refractivity (Wildman–Crippen MR) is 78.0 cm³/mol. The lowest BCUT2D eigenvalue weighted by atomic mass is 10.2. The Morgan fingerprint density at radius 2 is 2.22 bits per heavy atom. The second kappa shape index (κ2) is 6.95. The van der Waals surface area contributed by atoms with Crippen molar-refractivity contribution in [3.63, 3.8) is 0 Å². The number of nitrogens with one attached hydrogen (secondary N) is 1. The summed E-state index contributed by atoms with van der Waals surface area (Å²) in [4.78, 5) is 11.3. The quantitative estimate of drug-likeness (QED) is 0.905. The average molecular weight is 266 g/mol. The van der Waals surface area contributed by atoms with Gasteiger partial charge in [0.05, 0.1) is 18.1 Å². The SMILES string of the molecule is CNc1cnc(CN2CCCC(SC)CC2)cn1. The Labute approximate surface area is 114 Å². The fourth-order valence-corrected chi connectivity index (χ4v) is 3.06. The topological polar surface area (TPSA) is 41.1 Å². The van der Waals surface area contributed by atoms with Gasteiger partial charge in [0.2, 0.25) is 0 Å². The number of thioether (sulfide) groups is 1. The molecule has 1 aliphatic heterocycles. The van der Waals surface area contributed by atoms with Gasteiger partial charge in [-0.1, -0.05) is 0 Å². The summed E-state index contributed by atoms with van der Waals surface area (Å²) in [6, 6.07) is 0. The Bertz CT molecular complexity index is 355. The Balaban J connectivity index is 1.88. The van der Waals surface area contributed by atoms with E-state index in [9.17, 15) is 0 Å². The molecule has 1 atom stereocenters. The van der Waals surface area contributed by atoms with E-state index in [2.05, 4.69) is 26.4 Å². The maximum Gasteiger partial charge on any atom is 0.144 e. The highest BCUT2D eigenvalue weighted by Gasteiger charge is 2.16. The van der Waals surface area contributed by atoms with E-state index in [1.165, 1.54) is 32.4 Å². The van der Waals surface area contributed by atoms with E-state index in [-0.39, 0.29) is 0 Å². The molecule has 0 amide bonds. The summed E-state index contributed by atoms with van der Waals surface area (Å²) in [6.07, 6.45) is 9.85. The maximum absolute atomic E-state index is 4.44. The minimum absolute atomic E-state index is 0.831. The molecular formula is C13H22N4S. The van der Waals surface area contributed by atoms with Crippen molar-refractivity contribution in [3.8, 4) is 0 Å². The van der Waals surface area contributed by atoms with Crippen LogP contribution in [0, 0.1) is 0 Å². The van der Waals surface area contributed by atoms with Gasteiger partial charge in [-0.3, -0.25) is 9.88 Å². The molecule has 0 aliphatic carbocycles. The Morgan fingerprint density at radius 1 is 1.33 bits per heavy atom. The number of aromatic nitrogens is 2. The fourth-order valence-electron chi connectivity index (χ4n) is 2.31. The second-order valence-corrected chi connectivity index (χ2v) is 5.85. The second-order valence-electron chi connectivity index (χ2n) is 4.71. The highest BCUT2D eigenvalue weighted by molar-refractivity contribution is 7.99. The van der Waals surface area contributed by atoms with Crippen molar-refractivity contribution in [1.82, 2.24) is 14.9 Å². The van der Waals surface area contributed by atoms with Crippen LogP contribution in [0.3, 0.4) is 0 Å². The van der Waals surface area contributed by atoms with Crippen LogP contribution in [0.15, 0.2) is 12.4 Å². The van der Waals surface area contributed by atoms with E-state index >= 15 is 0 Å². The van der Waals surface area contributed by atoms with E-state index in [0.29, 0.717) is 0 Å². The zero-order valence-corrected chi connectivity index (χ0v) is 12.0. The molecular weight excluding hydrogens is 244 g/mol. The van der Waals surface area contributed by atoms with Crippen molar-refractivity contribution in [3.05, 3.63) is 18.1 Å². The smallest absolute Gasteiger partial charge is 0.144 e. The summed E-state index contributed by atoms with van der Waals surface area (Å²) in [6.45, 7) is 3.30. The summed E-state index contributed by atoms with van der Waals surface area (Å²) in [5, 5.41) is 3.83. The van der Waals surface area contributed by atoms with Crippen molar-refractivity contribution in [2.45, 2.75) is 31.1 Å². The number of anilines is 1. The standard InChI is InChI=1S/C13H22N4S/c1-14-13-9-15-11(8-16-13)10-17-6-3-4-12(18-2)5-7-17/h8-9,12H,3-7,10H2,1-2H3,(H,14,16). The monoisotopic (exact) mass is 266 g/mol. The van der Waals surface area contributed by atoms with Gasteiger partial charge in [0.25, 0.3) is 0 Å². The Hall–Kier alpha value is -0.810. The van der Waals surface area contributed by atoms with E-state index in [0.717, 1.165) is 23.3 Å². The van der Waals surface area contributed by atoms with Crippen LogP contribution in [0.25, 0.3) is 0 Å². The minimum atomic E-state index is 0.831. The molecule has 2 rings (SSSR count). The molecule has 5 heteroatoms. The highest BCUT2D eigenvalue weighted by atomic mass is 32.2. The predicted octanol–water partition coefficient (Wildman–Crippen LogP) is 2.24. The largest absolute Gasteiger partial charge is 0.372 e. The van der Waals surface area contributed by atoms with Crippen LogP contribution >= 0.6 is 11.8 Å². The third kappa shape index (κ3) is 3.85. The van der Waals surface area contributed by atoms with Crippen LogP contribution in [-0.2, 0) is 6.54 Å². The van der Waals surface area contributed by atoms with Gasteiger partial charge >= 0.3 is 0 Å². The summed E-state index contributed by atoms with van der Waals surface area (Å²) >= 11 is 2.01. The first-order chi connectivity index (χ1) is 8.81. The first-order valence-corrected chi connectivity index (χ1v) is 7.84. The lowest BCUT2D eigenvalue weighted by Gasteiger charge is -2.19. The molecule has 18 heavy (non-hydrogen) atoms. The molecule has 0 bridgehead atoms. The molecule has 1 unspecified atom stereocenters. The Morgan fingerprint density at radius 3 is 2.89 bits per heavy atom. The van der Waals surface area contributed by atoms with Gasteiger partial charge in [-0.2, -0.15) is 11.8 Å². The lowest BCUT2D eigenvalue weighted by Crippen LogP contribution is -2.25. The number of rotatable bonds is 4. The van der Waals surface area contributed by atoms with Gasteiger partial charge in [0.15, 0.2) is 0 Å². The first-order valence-electron chi connectivity index (χ1n) is 6.55. The number of hydrogen-bond acceptors (Lipinski definition) is 5. The van der Waals surface area contributed by atoms with Gasteiger partial charge in [0.1, 0.15) is 5.82 Å². The summed E-state index contributed by atoms with van der Waals surface area (Å²) < 4.78 is 0. The molecule has 0 aromatic carbocycles. The summed E-state index contributed by atoms with van der Waals surface area (Å²) in [5.74, 6) is 0.831. The van der Waals surface area contributed by atoms with Gasteiger partial charge in [0, 0.05) is 18.8 Å². The van der Waals surface area contributed by atoms with Crippen LogP contribution in [0.2, 0.25) is 0 Å². The molecule has 100 valence electrons. The molecule has 1 fully saturated rings. The molecule has 0 saturated carbocycles. The van der Waals surface area contributed by atoms with E-state index < -0.39 is 0 Å². The molecule has 1 N–H and O–H groups in total. The van der Waals surface area contributed by atoms with Gasteiger partial charge < -0.3 is 5.32 Å². The molecule has 1 aromatic rings. The highest BCUT2D eigenvalue weighted by Crippen LogP contribution is 2.21. The van der Waals surface area contributed by atoms with Crippen molar-refractivity contribution < 1.29 is 0 Å². The molecule has 1 aliphatic rings. The third-order valence-electron chi connectivity index (χ3n) is 3.45. The molecule has 1 saturated heterocycles. The van der Waals surface area contributed by atoms with Crippen molar-refractivity contribution >= 4 is 17.6 Å². The zero-order chi connectivity index (χ0) is 12.8. The van der Waals surface area contributed by atoms with Crippen LogP contribution < -0.4 is 5.32 Å². The molecule has 0 spiro atoms. The maximum atomic E-state index is 4.44. The normalized spacial score (nSPS) is 21.6. The fraction of sp³-hybridized carbons (Fsp3) is 0.692. The minimum Gasteiger partial charge on any atom is -0.372 e. The summed E-state index contributed by atoms with van der Waals surface area (Å²) in [7, 11) is 1.86. The van der Waals surface area contributed by atoms with Crippen LogP contribution in [0.1, 0.15) is 25.0 Å². The third-order valence-corrected chi connectivity index (χ3v) is 4.59. The molecule has 1 aromatic heterocycles. The van der Waals surface area contributed by atoms with Crippen molar-refractivity contribution in [2.24, 2.45) is 0 Å². The average Bonchev–Trinajstić information content (AvgIpc) is 2.65. The number of hydrogen-bond donors (Lipinski definition) is 1. The molecule has 2 heterocycles. The number of likely N-dealkylation sites (tertiary alicyclic amines) is 1. The van der Waals surface area contributed by atoms with Gasteiger partial charge in [-0.05, 0) is 38.6 Å².